The van der Waals surface area contributed by atoms with Crippen LogP contribution in [0.5, 0.6) is 0 Å². The highest BCUT2D eigenvalue weighted by atomic mass is 15.0. The van der Waals surface area contributed by atoms with Crippen molar-refractivity contribution in [2.24, 2.45) is 0 Å². The van der Waals surface area contributed by atoms with E-state index in [1.165, 1.54) is 71.3 Å². The van der Waals surface area contributed by atoms with Crippen LogP contribution in [0.15, 0.2) is 237 Å². The van der Waals surface area contributed by atoms with Gasteiger partial charge in [0.2, 0.25) is 0 Å². The number of benzene rings is 11. The lowest BCUT2D eigenvalue weighted by Gasteiger charge is -2.33. The highest BCUT2D eigenvalue weighted by molar-refractivity contribution is 6.23. The molecule has 0 spiro atoms. The van der Waals surface area contributed by atoms with Crippen molar-refractivity contribution < 1.29 is 0 Å². The minimum Gasteiger partial charge on any atom is -0.208 e. The van der Waals surface area contributed by atoms with E-state index in [2.05, 4.69) is 218 Å². The number of hydrogen-bond donors (Lipinski definition) is 0. The molecular weight excluding hydrogens is 787 g/mol. The summed E-state index contributed by atoms with van der Waals surface area (Å²) in [4.78, 5) is 16.2. The largest absolute Gasteiger partial charge is 0.208 e. The molecule has 0 atom stereocenters. The van der Waals surface area contributed by atoms with Gasteiger partial charge in [0.05, 0.1) is 5.41 Å². The molecule has 1 aliphatic carbocycles. The zero-order valence-electron chi connectivity index (χ0n) is 35.4. The molecule has 0 N–H and O–H groups in total. The molecule has 0 saturated carbocycles. The molecule has 11 aromatic carbocycles. The van der Waals surface area contributed by atoms with Gasteiger partial charge in [0.1, 0.15) is 0 Å². The maximum atomic E-state index is 5.51. The molecule has 1 heterocycles. The van der Waals surface area contributed by atoms with Crippen molar-refractivity contribution in [2.75, 3.05) is 0 Å². The van der Waals surface area contributed by atoms with Crippen molar-refractivity contribution in [3.05, 3.63) is 259 Å². The molecule has 12 aromatic rings. The summed E-state index contributed by atoms with van der Waals surface area (Å²) in [5.41, 5.74) is 11.9. The Morgan fingerprint density at radius 1 is 0.262 bits per heavy atom. The standard InChI is InChI=1S/C62H39N3/c1-4-20-41(21-5-1)59-63-60(51-38-37-49(47-29-14-15-30-48(47)51)57-46-28-13-11-22-42(46)39-54-45-27-12-10-19-40(45)35-36-50(54)57)65-61(64-59)53-32-18-34-56-58(53)52-31-16-17-33-55(52)62(56,43-23-6-2-7-24-43)44-25-8-3-9-26-44/h1-39H. The zero-order chi connectivity index (χ0) is 42.9. The number of nitrogens with zero attached hydrogens (tertiary/aromatic N) is 3. The molecule has 3 heteroatoms. The smallest absolute Gasteiger partial charge is 0.164 e. The molecule has 3 nitrogen and oxygen atoms in total. The van der Waals surface area contributed by atoms with E-state index in [1.807, 2.05) is 18.2 Å². The summed E-state index contributed by atoms with van der Waals surface area (Å²) in [6.07, 6.45) is 0. The fourth-order valence-electron chi connectivity index (χ4n) is 10.8. The van der Waals surface area contributed by atoms with Gasteiger partial charge in [-0.05, 0) is 99.7 Å². The van der Waals surface area contributed by atoms with Gasteiger partial charge in [-0.25, -0.2) is 15.0 Å². The lowest BCUT2D eigenvalue weighted by molar-refractivity contribution is 0.768. The Bertz CT molecular complexity index is 3780. The van der Waals surface area contributed by atoms with Crippen LogP contribution in [0.25, 0.3) is 99.5 Å². The molecule has 0 radical (unpaired) electrons. The molecule has 13 rings (SSSR count). The summed E-state index contributed by atoms with van der Waals surface area (Å²) in [5, 5.41) is 9.64. The average Bonchev–Trinajstić information content (AvgIpc) is 3.69. The second-order valence-electron chi connectivity index (χ2n) is 17.0. The van der Waals surface area contributed by atoms with Crippen molar-refractivity contribution in [1.82, 2.24) is 15.0 Å². The van der Waals surface area contributed by atoms with Gasteiger partial charge >= 0.3 is 0 Å². The number of fused-ring (bicyclic) bond motifs is 8. The molecular formula is C62H39N3. The predicted molar refractivity (Wildman–Crippen MR) is 269 cm³/mol. The average molecular weight is 826 g/mol. The highest BCUT2D eigenvalue weighted by Crippen LogP contribution is 2.58. The van der Waals surface area contributed by atoms with Gasteiger partial charge in [-0.2, -0.15) is 0 Å². The maximum absolute atomic E-state index is 5.51. The normalized spacial score (nSPS) is 12.7. The van der Waals surface area contributed by atoms with E-state index in [0.29, 0.717) is 17.5 Å². The minimum absolute atomic E-state index is 0.549. The van der Waals surface area contributed by atoms with Crippen LogP contribution in [0.3, 0.4) is 0 Å². The van der Waals surface area contributed by atoms with Gasteiger partial charge in [-0.15, -0.1) is 0 Å². The van der Waals surface area contributed by atoms with Crippen LogP contribution in [-0.4, -0.2) is 15.0 Å². The van der Waals surface area contributed by atoms with Crippen LogP contribution in [-0.2, 0) is 5.41 Å². The van der Waals surface area contributed by atoms with Crippen molar-refractivity contribution in [3.8, 4) is 56.4 Å². The van der Waals surface area contributed by atoms with Crippen molar-refractivity contribution >= 4 is 43.1 Å². The van der Waals surface area contributed by atoms with Crippen LogP contribution < -0.4 is 0 Å². The summed E-state index contributed by atoms with van der Waals surface area (Å²) in [5.74, 6) is 1.90. The van der Waals surface area contributed by atoms with Gasteiger partial charge in [0.15, 0.2) is 17.5 Å². The SMILES string of the molecule is c1ccc(-c2nc(-c3cccc4c3-c3ccccc3C4(c3ccccc3)c3ccccc3)nc(-c3ccc(-c4c5ccccc5cc5c4ccc4ccccc45)c4ccccc34)n2)cc1. The van der Waals surface area contributed by atoms with Crippen molar-refractivity contribution in [1.29, 1.82) is 0 Å². The number of hydrogen-bond acceptors (Lipinski definition) is 3. The van der Waals surface area contributed by atoms with Crippen molar-refractivity contribution in [2.45, 2.75) is 5.41 Å². The summed E-state index contributed by atoms with van der Waals surface area (Å²) in [6, 6.07) is 85.3. The zero-order valence-corrected chi connectivity index (χ0v) is 35.4. The van der Waals surface area contributed by atoms with Crippen LogP contribution in [0.2, 0.25) is 0 Å². The quantitative estimate of drug-likeness (QED) is 0.124. The van der Waals surface area contributed by atoms with E-state index in [-0.39, 0.29) is 0 Å². The third kappa shape index (κ3) is 5.65. The van der Waals surface area contributed by atoms with Crippen LogP contribution >= 0.6 is 0 Å². The number of aromatic nitrogens is 3. The Hall–Kier alpha value is -8.53. The third-order valence-electron chi connectivity index (χ3n) is 13.6. The fourth-order valence-corrected chi connectivity index (χ4v) is 10.8. The lowest BCUT2D eigenvalue weighted by atomic mass is 9.67. The molecule has 1 aromatic heterocycles. The molecule has 0 aliphatic heterocycles. The molecule has 0 amide bonds. The Kier molecular flexibility index (Phi) is 8.44. The minimum atomic E-state index is -0.549. The maximum Gasteiger partial charge on any atom is 0.164 e. The second-order valence-corrected chi connectivity index (χ2v) is 17.0. The summed E-state index contributed by atoms with van der Waals surface area (Å²) in [7, 11) is 0. The van der Waals surface area contributed by atoms with E-state index in [0.717, 1.165) is 33.0 Å². The topological polar surface area (TPSA) is 38.7 Å². The van der Waals surface area contributed by atoms with Crippen LogP contribution in [0.4, 0.5) is 0 Å². The van der Waals surface area contributed by atoms with Gasteiger partial charge in [-0.3, -0.25) is 0 Å². The Morgan fingerprint density at radius 3 is 1.52 bits per heavy atom. The first kappa shape index (κ1) is 37.1. The molecule has 1 aliphatic rings. The summed E-state index contributed by atoms with van der Waals surface area (Å²) < 4.78 is 0. The van der Waals surface area contributed by atoms with E-state index in [9.17, 15) is 0 Å². The fraction of sp³-hybridized carbons (Fsp3) is 0.0161. The van der Waals surface area contributed by atoms with E-state index in [1.54, 1.807) is 0 Å². The lowest BCUT2D eigenvalue weighted by Crippen LogP contribution is -2.28. The van der Waals surface area contributed by atoms with E-state index in [4.69, 9.17) is 15.0 Å². The summed E-state index contributed by atoms with van der Waals surface area (Å²) >= 11 is 0. The Morgan fingerprint density at radius 2 is 0.785 bits per heavy atom. The van der Waals surface area contributed by atoms with Crippen molar-refractivity contribution in [3.63, 3.8) is 0 Å². The second kappa shape index (κ2) is 14.8. The van der Waals surface area contributed by atoms with Gasteiger partial charge in [-0.1, -0.05) is 224 Å². The third-order valence-corrected chi connectivity index (χ3v) is 13.6. The monoisotopic (exact) mass is 825 g/mol. The van der Waals surface area contributed by atoms with Crippen LogP contribution in [0.1, 0.15) is 22.3 Å². The predicted octanol–water partition coefficient (Wildman–Crippen LogP) is 15.5. The first-order chi connectivity index (χ1) is 32.3. The van der Waals surface area contributed by atoms with Gasteiger partial charge in [0, 0.05) is 16.7 Å². The van der Waals surface area contributed by atoms with E-state index >= 15 is 0 Å². The summed E-state index contributed by atoms with van der Waals surface area (Å²) in [6.45, 7) is 0. The first-order valence-corrected chi connectivity index (χ1v) is 22.3. The van der Waals surface area contributed by atoms with Gasteiger partial charge in [0.25, 0.3) is 0 Å². The Labute approximate surface area is 377 Å². The molecule has 0 saturated heterocycles. The molecule has 0 unspecified atom stereocenters. The molecule has 65 heavy (non-hydrogen) atoms. The Balaban J connectivity index is 1.07. The van der Waals surface area contributed by atoms with Gasteiger partial charge < -0.3 is 0 Å². The number of rotatable bonds is 6. The molecule has 302 valence electrons. The van der Waals surface area contributed by atoms with Crippen LogP contribution in [0, 0.1) is 0 Å². The van der Waals surface area contributed by atoms with E-state index < -0.39 is 5.41 Å². The highest BCUT2D eigenvalue weighted by Gasteiger charge is 2.47. The molecule has 0 bridgehead atoms. The first-order valence-electron chi connectivity index (χ1n) is 22.3. The molecule has 0 fully saturated rings.